The van der Waals surface area contributed by atoms with Crippen molar-refractivity contribution in [1.29, 1.82) is 0 Å². The minimum absolute atomic E-state index is 0.292. The van der Waals surface area contributed by atoms with E-state index in [1.807, 2.05) is 0 Å². The molecule has 2 heterocycles. The third-order valence-electron chi connectivity index (χ3n) is 3.44. The summed E-state index contributed by atoms with van der Waals surface area (Å²) in [6, 6.07) is 0.723. The lowest BCUT2D eigenvalue weighted by Crippen LogP contribution is -2.50. The van der Waals surface area contributed by atoms with E-state index in [-0.39, 0.29) is 6.03 Å². The number of likely N-dealkylation sites (tertiary alicyclic amines) is 1. The minimum Gasteiger partial charge on any atom is -0.380 e. The van der Waals surface area contributed by atoms with E-state index in [1.165, 1.54) is 6.42 Å². The van der Waals surface area contributed by atoms with Crippen LogP contribution in [0.2, 0.25) is 0 Å². The fourth-order valence-corrected chi connectivity index (χ4v) is 2.47. The van der Waals surface area contributed by atoms with Gasteiger partial charge in [-0.25, -0.2) is 4.79 Å². The Balaban J connectivity index is 1.70. The molecule has 2 rings (SSSR count). The number of hydrogen-bond donors (Lipinski definition) is 2. The first-order chi connectivity index (χ1) is 7.75. The summed E-state index contributed by atoms with van der Waals surface area (Å²) in [5.41, 5.74) is 5.24. The number of urea groups is 1. The monoisotopic (exact) mass is 227 g/mol. The van der Waals surface area contributed by atoms with Crippen LogP contribution in [0.3, 0.4) is 0 Å². The molecule has 0 aromatic heterocycles. The predicted octanol–water partition coefficient (Wildman–Crippen LogP) is 0.298. The molecule has 0 saturated carbocycles. The lowest BCUT2D eigenvalue weighted by molar-refractivity contribution is 0.0625. The number of carbonyl (C=O) groups is 1. The lowest BCUT2D eigenvalue weighted by atomic mass is 10.0. The third kappa shape index (κ3) is 3.09. The van der Waals surface area contributed by atoms with Crippen LogP contribution in [-0.2, 0) is 4.74 Å². The van der Waals surface area contributed by atoms with E-state index in [2.05, 4.69) is 5.32 Å². The molecular formula is C11H21N3O2. The Kier molecular flexibility index (Phi) is 4.01. The molecule has 2 aliphatic heterocycles. The molecule has 1 unspecified atom stereocenters. The number of rotatable bonds is 2. The van der Waals surface area contributed by atoms with E-state index < -0.39 is 0 Å². The largest absolute Gasteiger partial charge is 0.380 e. The highest BCUT2D eigenvalue weighted by Gasteiger charge is 2.24. The molecule has 3 N–H and O–H groups in total. The molecule has 5 heteroatoms. The van der Waals surface area contributed by atoms with E-state index in [4.69, 9.17) is 10.5 Å². The van der Waals surface area contributed by atoms with Gasteiger partial charge in [0.05, 0.1) is 6.61 Å². The first-order valence-electron chi connectivity index (χ1n) is 6.14. The number of primary amides is 1. The number of carbonyl (C=O) groups excluding carboxylic acids is 1. The first kappa shape index (κ1) is 11.7. The van der Waals surface area contributed by atoms with Gasteiger partial charge in [-0.3, -0.25) is 0 Å². The molecular weight excluding hydrogens is 206 g/mol. The van der Waals surface area contributed by atoms with E-state index >= 15 is 0 Å². The molecule has 2 saturated heterocycles. The van der Waals surface area contributed by atoms with Gasteiger partial charge in [-0.2, -0.15) is 0 Å². The number of ether oxygens (including phenoxy) is 1. The van der Waals surface area contributed by atoms with Crippen LogP contribution >= 0.6 is 0 Å². The average molecular weight is 227 g/mol. The van der Waals surface area contributed by atoms with Gasteiger partial charge in [0.1, 0.15) is 0 Å². The van der Waals surface area contributed by atoms with Crippen LogP contribution in [0.15, 0.2) is 0 Å². The molecule has 2 fully saturated rings. The maximum Gasteiger partial charge on any atom is 0.314 e. The lowest BCUT2D eigenvalue weighted by Gasteiger charge is -2.34. The van der Waals surface area contributed by atoms with Crippen LogP contribution < -0.4 is 11.1 Å². The first-order valence-corrected chi connectivity index (χ1v) is 6.14. The highest BCUT2D eigenvalue weighted by atomic mass is 16.5. The van der Waals surface area contributed by atoms with Crippen molar-refractivity contribution in [3.63, 3.8) is 0 Å². The number of nitrogens with two attached hydrogens (primary N) is 1. The summed E-state index contributed by atoms with van der Waals surface area (Å²) in [5, 5.41) is 3.61. The van der Waals surface area contributed by atoms with Crippen molar-refractivity contribution in [2.45, 2.75) is 37.8 Å². The Hall–Kier alpha value is -0.810. The number of piperidine rings is 1. The van der Waals surface area contributed by atoms with Crippen molar-refractivity contribution in [1.82, 2.24) is 10.2 Å². The second kappa shape index (κ2) is 5.50. The maximum atomic E-state index is 11.0. The Morgan fingerprint density at radius 2 is 2.00 bits per heavy atom. The van der Waals surface area contributed by atoms with Crippen molar-refractivity contribution < 1.29 is 9.53 Å². The van der Waals surface area contributed by atoms with E-state index in [1.54, 1.807) is 4.90 Å². The summed E-state index contributed by atoms with van der Waals surface area (Å²) in [6.07, 6.45) is 4.35. The van der Waals surface area contributed by atoms with Gasteiger partial charge in [-0.15, -0.1) is 0 Å². The second-order valence-electron chi connectivity index (χ2n) is 4.68. The Morgan fingerprint density at radius 1 is 1.25 bits per heavy atom. The quantitative estimate of drug-likeness (QED) is 0.713. The van der Waals surface area contributed by atoms with Crippen LogP contribution in [0, 0.1) is 0 Å². The number of nitrogens with zero attached hydrogens (tertiary/aromatic N) is 1. The zero-order valence-electron chi connectivity index (χ0n) is 9.65. The number of hydrogen-bond acceptors (Lipinski definition) is 3. The van der Waals surface area contributed by atoms with Crippen LogP contribution in [0.25, 0.3) is 0 Å². The van der Waals surface area contributed by atoms with Crippen molar-refractivity contribution in [2.75, 3.05) is 26.3 Å². The van der Waals surface area contributed by atoms with Gasteiger partial charge < -0.3 is 20.7 Å². The van der Waals surface area contributed by atoms with E-state index in [0.717, 1.165) is 45.6 Å². The van der Waals surface area contributed by atoms with Gasteiger partial charge in [0.25, 0.3) is 0 Å². The Morgan fingerprint density at radius 3 is 2.56 bits per heavy atom. The predicted molar refractivity (Wildman–Crippen MR) is 61.2 cm³/mol. The van der Waals surface area contributed by atoms with E-state index in [9.17, 15) is 4.79 Å². The standard InChI is InChI=1S/C11H21N3O2/c12-11(15)14-5-3-9(4-6-14)13-10-2-1-7-16-8-10/h9-10,13H,1-8H2,(H2,12,15). The maximum absolute atomic E-state index is 11.0. The molecule has 0 aromatic rings. The molecule has 0 bridgehead atoms. The molecule has 16 heavy (non-hydrogen) atoms. The normalized spacial score (nSPS) is 28.0. The topological polar surface area (TPSA) is 67.6 Å². The van der Waals surface area contributed by atoms with Gasteiger partial charge in [0, 0.05) is 31.8 Å². The summed E-state index contributed by atoms with van der Waals surface area (Å²) in [7, 11) is 0. The average Bonchev–Trinajstić information content (AvgIpc) is 2.31. The molecule has 2 aliphatic rings. The van der Waals surface area contributed by atoms with Crippen LogP contribution in [0.4, 0.5) is 4.79 Å². The fraction of sp³-hybridized carbons (Fsp3) is 0.909. The van der Waals surface area contributed by atoms with Gasteiger partial charge in [-0.1, -0.05) is 0 Å². The van der Waals surface area contributed by atoms with Gasteiger partial charge in [-0.05, 0) is 25.7 Å². The van der Waals surface area contributed by atoms with E-state index in [0.29, 0.717) is 12.1 Å². The summed E-state index contributed by atoms with van der Waals surface area (Å²) in [6.45, 7) is 3.29. The van der Waals surface area contributed by atoms with Gasteiger partial charge in [0.2, 0.25) is 0 Å². The van der Waals surface area contributed by atoms with Crippen LogP contribution in [0.1, 0.15) is 25.7 Å². The molecule has 92 valence electrons. The summed E-state index contributed by atoms with van der Waals surface area (Å²) >= 11 is 0. The smallest absolute Gasteiger partial charge is 0.314 e. The molecule has 0 aromatic carbocycles. The van der Waals surface area contributed by atoms with Crippen LogP contribution in [0.5, 0.6) is 0 Å². The highest BCUT2D eigenvalue weighted by molar-refractivity contribution is 5.72. The van der Waals surface area contributed by atoms with Gasteiger partial charge >= 0.3 is 6.03 Å². The van der Waals surface area contributed by atoms with Crippen molar-refractivity contribution in [3.05, 3.63) is 0 Å². The molecule has 5 nitrogen and oxygen atoms in total. The summed E-state index contributed by atoms with van der Waals surface area (Å²) in [5.74, 6) is 0. The molecule has 1 atom stereocenters. The molecule has 0 spiro atoms. The second-order valence-corrected chi connectivity index (χ2v) is 4.68. The minimum atomic E-state index is -0.292. The SMILES string of the molecule is NC(=O)N1CCC(NC2CCCOC2)CC1. The Bertz CT molecular complexity index is 233. The summed E-state index contributed by atoms with van der Waals surface area (Å²) < 4.78 is 5.44. The number of nitrogens with one attached hydrogen (secondary N) is 1. The van der Waals surface area contributed by atoms with Gasteiger partial charge in [0.15, 0.2) is 0 Å². The fourth-order valence-electron chi connectivity index (χ4n) is 2.47. The summed E-state index contributed by atoms with van der Waals surface area (Å²) in [4.78, 5) is 12.7. The van der Waals surface area contributed by atoms with Crippen molar-refractivity contribution in [3.8, 4) is 0 Å². The molecule has 0 radical (unpaired) electrons. The molecule has 0 aliphatic carbocycles. The molecule has 2 amide bonds. The number of amides is 2. The zero-order chi connectivity index (χ0) is 11.4. The van der Waals surface area contributed by atoms with Crippen molar-refractivity contribution >= 4 is 6.03 Å². The van der Waals surface area contributed by atoms with Crippen molar-refractivity contribution in [2.24, 2.45) is 5.73 Å². The zero-order valence-corrected chi connectivity index (χ0v) is 9.65. The highest BCUT2D eigenvalue weighted by Crippen LogP contribution is 2.13. The third-order valence-corrected chi connectivity index (χ3v) is 3.44. The van der Waals surface area contributed by atoms with Crippen LogP contribution in [-0.4, -0.2) is 49.3 Å². The Labute approximate surface area is 96.3 Å².